The van der Waals surface area contributed by atoms with E-state index in [1.807, 2.05) is 6.92 Å². The number of carbonyl (C=O) groups excluding carboxylic acids is 1. The van der Waals surface area contributed by atoms with Crippen molar-refractivity contribution < 1.29 is 9.53 Å². The normalized spacial score (nSPS) is 27.9. The van der Waals surface area contributed by atoms with Crippen molar-refractivity contribution in [3.05, 3.63) is 0 Å². The van der Waals surface area contributed by atoms with E-state index in [9.17, 15) is 4.79 Å². The first-order valence-corrected chi connectivity index (χ1v) is 8.43. The van der Waals surface area contributed by atoms with Gasteiger partial charge in [0.05, 0.1) is 7.11 Å². The Labute approximate surface area is 130 Å². The topological polar surface area (TPSA) is 41.6 Å². The fraction of sp³-hybridized carbons (Fsp3) is 0.941. The predicted molar refractivity (Wildman–Crippen MR) is 87.4 cm³/mol. The second kappa shape index (κ2) is 8.14. The summed E-state index contributed by atoms with van der Waals surface area (Å²) in [6.07, 6.45) is 4.37. The maximum Gasteiger partial charge on any atom is 0.325 e. The second-order valence-corrected chi connectivity index (χ2v) is 7.03. The highest BCUT2D eigenvalue weighted by atomic mass is 16.5. The zero-order valence-corrected chi connectivity index (χ0v) is 14.7. The molecule has 0 bridgehead atoms. The molecule has 0 aromatic carbocycles. The quantitative estimate of drug-likeness (QED) is 0.734. The van der Waals surface area contributed by atoms with Gasteiger partial charge in [-0.2, -0.15) is 0 Å². The standard InChI is InChI=1S/C17H34N2O2/c1-7-10-18-17(5,16(20)21-6)11-15(4)19-12-13(2)8-9-14(19)3/h13-15,18H,7-12H2,1-6H3. The summed E-state index contributed by atoms with van der Waals surface area (Å²) in [6, 6.07) is 0.973. The molecule has 124 valence electrons. The highest BCUT2D eigenvalue weighted by Crippen LogP contribution is 2.27. The number of hydrogen-bond donors (Lipinski definition) is 1. The van der Waals surface area contributed by atoms with Crippen molar-refractivity contribution in [2.75, 3.05) is 20.2 Å². The lowest BCUT2D eigenvalue weighted by atomic mass is 9.88. The third-order valence-corrected chi connectivity index (χ3v) is 4.84. The minimum Gasteiger partial charge on any atom is -0.468 e. The molecule has 0 aromatic heterocycles. The van der Waals surface area contributed by atoms with Gasteiger partial charge in [-0.1, -0.05) is 13.8 Å². The molecule has 1 aliphatic rings. The molecule has 1 aliphatic heterocycles. The van der Waals surface area contributed by atoms with Crippen LogP contribution in [0, 0.1) is 5.92 Å². The summed E-state index contributed by atoms with van der Waals surface area (Å²) in [6.45, 7) is 12.9. The number of rotatable bonds is 7. The molecule has 4 atom stereocenters. The summed E-state index contributed by atoms with van der Waals surface area (Å²) in [5, 5.41) is 3.39. The van der Waals surface area contributed by atoms with E-state index < -0.39 is 5.54 Å². The molecule has 1 fully saturated rings. The van der Waals surface area contributed by atoms with Crippen LogP contribution in [0.3, 0.4) is 0 Å². The molecule has 0 spiro atoms. The monoisotopic (exact) mass is 298 g/mol. The first-order chi connectivity index (χ1) is 9.84. The minimum atomic E-state index is -0.593. The van der Waals surface area contributed by atoms with E-state index in [1.54, 1.807) is 0 Å². The van der Waals surface area contributed by atoms with Gasteiger partial charge in [-0.25, -0.2) is 0 Å². The first kappa shape index (κ1) is 18.4. The van der Waals surface area contributed by atoms with Crippen molar-refractivity contribution in [1.29, 1.82) is 0 Å². The number of hydrogen-bond acceptors (Lipinski definition) is 4. The van der Waals surface area contributed by atoms with Crippen molar-refractivity contribution in [1.82, 2.24) is 10.2 Å². The molecule has 4 heteroatoms. The Morgan fingerprint density at radius 1 is 1.43 bits per heavy atom. The maximum atomic E-state index is 12.2. The summed E-state index contributed by atoms with van der Waals surface area (Å²) in [5.74, 6) is 0.595. The van der Waals surface area contributed by atoms with Crippen LogP contribution >= 0.6 is 0 Å². The Morgan fingerprint density at radius 3 is 2.67 bits per heavy atom. The molecule has 0 aromatic rings. The van der Waals surface area contributed by atoms with E-state index in [-0.39, 0.29) is 5.97 Å². The van der Waals surface area contributed by atoms with Gasteiger partial charge in [-0.05, 0) is 58.9 Å². The Morgan fingerprint density at radius 2 is 2.10 bits per heavy atom. The lowest BCUT2D eigenvalue weighted by Crippen LogP contribution is -2.56. The third kappa shape index (κ3) is 4.96. The minimum absolute atomic E-state index is 0.152. The van der Waals surface area contributed by atoms with Gasteiger partial charge in [0.25, 0.3) is 0 Å². The highest BCUT2D eigenvalue weighted by molar-refractivity contribution is 5.80. The van der Waals surface area contributed by atoms with Crippen LogP contribution in [-0.4, -0.2) is 48.7 Å². The molecule has 1 N–H and O–H groups in total. The van der Waals surface area contributed by atoms with E-state index in [0.717, 1.165) is 31.8 Å². The molecular weight excluding hydrogens is 264 g/mol. The Kier molecular flexibility index (Phi) is 7.14. The zero-order valence-electron chi connectivity index (χ0n) is 14.7. The van der Waals surface area contributed by atoms with Crippen LogP contribution in [0.1, 0.15) is 60.3 Å². The molecule has 0 amide bonds. The molecule has 1 saturated heterocycles. The van der Waals surface area contributed by atoms with Crippen LogP contribution in [0.15, 0.2) is 0 Å². The molecule has 0 saturated carbocycles. The molecule has 1 rings (SSSR count). The average Bonchev–Trinajstić information content (AvgIpc) is 2.46. The van der Waals surface area contributed by atoms with Crippen LogP contribution in [0.5, 0.6) is 0 Å². The van der Waals surface area contributed by atoms with E-state index in [0.29, 0.717) is 12.1 Å². The van der Waals surface area contributed by atoms with Crippen molar-refractivity contribution in [2.45, 2.75) is 77.9 Å². The van der Waals surface area contributed by atoms with Gasteiger partial charge < -0.3 is 10.1 Å². The van der Waals surface area contributed by atoms with Crippen LogP contribution < -0.4 is 5.32 Å². The Balaban J connectivity index is 2.74. The van der Waals surface area contributed by atoms with Crippen LogP contribution in [0.25, 0.3) is 0 Å². The first-order valence-electron chi connectivity index (χ1n) is 8.43. The zero-order chi connectivity index (χ0) is 16.0. The summed E-state index contributed by atoms with van der Waals surface area (Å²) < 4.78 is 5.03. The number of likely N-dealkylation sites (tertiary alicyclic amines) is 1. The third-order valence-electron chi connectivity index (χ3n) is 4.84. The van der Waals surface area contributed by atoms with E-state index in [1.165, 1.54) is 20.0 Å². The van der Waals surface area contributed by atoms with E-state index >= 15 is 0 Å². The fourth-order valence-corrected chi connectivity index (χ4v) is 3.50. The molecule has 1 heterocycles. The SMILES string of the molecule is CCCNC(C)(CC(C)N1CC(C)CCC1C)C(=O)OC. The summed E-state index contributed by atoms with van der Waals surface area (Å²) in [7, 11) is 1.48. The second-order valence-electron chi connectivity index (χ2n) is 7.03. The number of nitrogens with zero attached hydrogens (tertiary/aromatic N) is 1. The van der Waals surface area contributed by atoms with E-state index in [2.05, 4.69) is 37.9 Å². The Hall–Kier alpha value is -0.610. The van der Waals surface area contributed by atoms with Gasteiger partial charge in [0, 0.05) is 18.6 Å². The van der Waals surface area contributed by atoms with Gasteiger partial charge in [0.15, 0.2) is 0 Å². The van der Waals surface area contributed by atoms with E-state index in [4.69, 9.17) is 4.74 Å². The fourth-order valence-electron chi connectivity index (χ4n) is 3.50. The Bertz CT molecular complexity index is 335. The van der Waals surface area contributed by atoms with Crippen LogP contribution in [0.4, 0.5) is 0 Å². The van der Waals surface area contributed by atoms with Crippen LogP contribution in [-0.2, 0) is 9.53 Å². The lowest BCUT2D eigenvalue weighted by Gasteiger charge is -2.43. The molecule has 0 radical (unpaired) electrons. The maximum absolute atomic E-state index is 12.2. The predicted octanol–water partition coefficient (Wildman–Crippen LogP) is 2.82. The summed E-state index contributed by atoms with van der Waals surface area (Å²) >= 11 is 0. The van der Waals surface area contributed by atoms with Gasteiger partial charge in [0.1, 0.15) is 5.54 Å². The van der Waals surface area contributed by atoms with Crippen molar-refractivity contribution in [2.24, 2.45) is 5.92 Å². The molecule has 0 aliphatic carbocycles. The summed E-state index contributed by atoms with van der Waals surface area (Å²) in [5.41, 5.74) is -0.593. The van der Waals surface area contributed by atoms with Gasteiger partial charge in [-0.15, -0.1) is 0 Å². The van der Waals surface area contributed by atoms with Crippen molar-refractivity contribution in [3.63, 3.8) is 0 Å². The highest BCUT2D eigenvalue weighted by Gasteiger charge is 2.38. The smallest absolute Gasteiger partial charge is 0.325 e. The molecule has 21 heavy (non-hydrogen) atoms. The number of ether oxygens (including phenoxy) is 1. The molecule has 4 nitrogen and oxygen atoms in total. The van der Waals surface area contributed by atoms with Crippen molar-refractivity contribution in [3.8, 4) is 0 Å². The largest absolute Gasteiger partial charge is 0.468 e. The molecular formula is C17H34N2O2. The van der Waals surface area contributed by atoms with Crippen LogP contribution in [0.2, 0.25) is 0 Å². The molecule has 4 unspecified atom stereocenters. The number of methoxy groups -OCH3 is 1. The number of nitrogens with one attached hydrogen (secondary N) is 1. The number of carbonyl (C=O) groups is 1. The summed E-state index contributed by atoms with van der Waals surface area (Å²) in [4.78, 5) is 14.8. The average molecular weight is 298 g/mol. The number of esters is 1. The van der Waals surface area contributed by atoms with Gasteiger partial charge in [0.2, 0.25) is 0 Å². The lowest BCUT2D eigenvalue weighted by molar-refractivity contribution is -0.149. The van der Waals surface area contributed by atoms with Crippen molar-refractivity contribution >= 4 is 5.97 Å². The van der Waals surface area contributed by atoms with Gasteiger partial charge >= 0.3 is 5.97 Å². The van der Waals surface area contributed by atoms with Gasteiger partial charge in [-0.3, -0.25) is 9.69 Å². The number of piperidine rings is 1.